The molecule has 1 aliphatic rings. The molecule has 5 nitrogen and oxygen atoms in total. The molecule has 0 atom stereocenters. The van der Waals surface area contributed by atoms with Crippen molar-refractivity contribution in [2.45, 2.75) is 18.3 Å². The van der Waals surface area contributed by atoms with Crippen LogP contribution in [0.25, 0.3) is 0 Å². The number of hydrogen-bond acceptors (Lipinski definition) is 3. The van der Waals surface area contributed by atoms with Gasteiger partial charge in [0.25, 0.3) is 0 Å². The lowest BCUT2D eigenvalue weighted by Crippen LogP contribution is -2.42. The van der Waals surface area contributed by atoms with Crippen molar-refractivity contribution in [2.75, 3.05) is 26.7 Å². The van der Waals surface area contributed by atoms with Crippen LogP contribution in [0, 0.1) is 0 Å². The van der Waals surface area contributed by atoms with Crippen LogP contribution in [0.15, 0.2) is 28.7 Å². The van der Waals surface area contributed by atoms with Gasteiger partial charge in [0, 0.05) is 23.5 Å². The summed E-state index contributed by atoms with van der Waals surface area (Å²) in [5.74, 6) is -0.411. The van der Waals surface area contributed by atoms with E-state index in [9.17, 15) is 9.59 Å². The maximum Gasteiger partial charge on any atom is 0.241 e. The summed E-state index contributed by atoms with van der Waals surface area (Å²) in [5.41, 5.74) is 6.53. The highest BCUT2D eigenvalue weighted by atomic mass is 79.9. The minimum atomic E-state index is -0.314. The zero-order valence-electron chi connectivity index (χ0n) is 12.1. The molecule has 2 rings (SSSR count). The number of hydrogen-bond donors (Lipinski definition) is 2. The second-order valence-electron chi connectivity index (χ2n) is 5.52. The van der Waals surface area contributed by atoms with E-state index in [0.717, 1.165) is 17.3 Å². The first kappa shape index (κ1) is 16.0. The van der Waals surface area contributed by atoms with Gasteiger partial charge in [-0.25, -0.2) is 0 Å². The van der Waals surface area contributed by atoms with E-state index in [4.69, 9.17) is 5.73 Å². The molecule has 1 aromatic carbocycles. The molecule has 21 heavy (non-hydrogen) atoms. The van der Waals surface area contributed by atoms with Crippen molar-refractivity contribution in [3.63, 3.8) is 0 Å². The van der Waals surface area contributed by atoms with Gasteiger partial charge in [-0.2, -0.15) is 0 Å². The summed E-state index contributed by atoms with van der Waals surface area (Å²) in [6.07, 6.45) is 2.17. The largest absolute Gasteiger partial charge is 0.346 e. The van der Waals surface area contributed by atoms with Crippen molar-refractivity contribution in [3.8, 4) is 0 Å². The van der Waals surface area contributed by atoms with Crippen molar-refractivity contribution in [1.29, 1.82) is 0 Å². The minimum Gasteiger partial charge on any atom is -0.346 e. The summed E-state index contributed by atoms with van der Waals surface area (Å²) in [6, 6.07) is 8.26. The van der Waals surface area contributed by atoms with Crippen LogP contribution in [0.1, 0.15) is 18.4 Å². The third-order valence-corrected chi connectivity index (χ3v) is 4.43. The Morgan fingerprint density at radius 2 is 1.95 bits per heavy atom. The maximum atomic E-state index is 12.0. The topological polar surface area (TPSA) is 75.4 Å². The highest BCUT2D eigenvalue weighted by molar-refractivity contribution is 9.10. The van der Waals surface area contributed by atoms with Crippen LogP contribution < -0.4 is 11.1 Å². The summed E-state index contributed by atoms with van der Waals surface area (Å²) < 4.78 is 1.05. The Balaban J connectivity index is 1.92. The molecular weight excluding hydrogens is 334 g/mol. The van der Waals surface area contributed by atoms with Crippen molar-refractivity contribution in [3.05, 3.63) is 34.3 Å². The van der Waals surface area contributed by atoms with E-state index in [0.29, 0.717) is 6.54 Å². The fourth-order valence-corrected chi connectivity index (χ4v) is 2.68. The molecule has 1 fully saturated rings. The Bertz CT molecular complexity index is 526. The lowest BCUT2D eigenvalue weighted by Gasteiger charge is -2.24. The number of halogens is 1. The molecule has 1 aromatic rings. The van der Waals surface area contributed by atoms with Crippen LogP contribution in [-0.2, 0) is 15.0 Å². The predicted molar refractivity (Wildman–Crippen MR) is 84.8 cm³/mol. The molecule has 0 aliphatic heterocycles. The summed E-state index contributed by atoms with van der Waals surface area (Å²) >= 11 is 3.43. The molecule has 0 radical (unpaired) electrons. The van der Waals surface area contributed by atoms with Gasteiger partial charge in [0.15, 0.2) is 0 Å². The third-order valence-electron chi connectivity index (χ3n) is 3.90. The number of amides is 2. The van der Waals surface area contributed by atoms with Gasteiger partial charge in [0.05, 0.1) is 13.1 Å². The fourth-order valence-electron chi connectivity index (χ4n) is 2.42. The first-order valence-electron chi connectivity index (χ1n) is 6.94. The monoisotopic (exact) mass is 353 g/mol. The molecule has 6 heteroatoms. The van der Waals surface area contributed by atoms with Crippen LogP contribution in [0.2, 0.25) is 0 Å². The number of nitrogens with two attached hydrogens (primary N) is 1. The summed E-state index contributed by atoms with van der Waals surface area (Å²) in [7, 11) is 1.77. The van der Waals surface area contributed by atoms with Gasteiger partial charge >= 0.3 is 0 Å². The molecule has 0 aromatic heterocycles. The molecule has 114 valence electrons. The quantitative estimate of drug-likeness (QED) is 0.801. The van der Waals surface area contributed by atoms with Crippen molar-refractivity contribution < 1.29 is 9.59 Å². The Hall–Kier alpha value is -1.40. The lowest BCUT2D eigenvalue weighted by atomic mass is 9.95. The first-order valence-corrected chi connectivity index (χ1v) is 7.73. The van der Waals surface area contributed by atoms with E-state index >= 15 is 0 Å². The van der Waals surface area contributed by atoms with E-state index in [1.165, 1.54) is 5.56 Å². The minimum absolute atomic E-state index is 0.00293. The Morgan fingerprint density at radius 1 is 1.33 bits per heavy atom. The molecule has 3 N–H and O–H groups in total. The van der Waals surface area contributed by atoms with Gasteiger partial charge in [-0.1, -0.05) is 28.1 Å². The van der Waals surface area contributed by atoms with Gasteiger partial charge < -0.3 is 16.0 Å². The number of rotatable bonds is 6. The Labute approximate surface area is 133 Å². The van der Waals surface area contributed by atoms with Crippen LogP contribution >= 0.6 is 15.9 Å². The number of nitrogens with zero attached hydrogens (tertiary/aromatic N) is 1. The summed E-state index contributed by atoms with van der Waals surface area (Å²) in [5, 5.41) is 2.51. The number of likely N-dealkylation sites (N-methyl/N-ethyl adjacent to an activating group) is 1. The molecule has 0 bridgehead atoms. The lowest BCUT2D eigenvalue weighted by molar-refractivity contribution is -0.131. The van der Waals surface area contributed by atoms with Crippen molar-refractivity contribution >= 4 is 27.7 Å². The van der Waals surface area contributed by atoms with Crippen LogP contribution in [0.4, 0.5) is 0 Å². The summed E-state index contributed by atoms with van der Waals surface area (Å²) in [6.45, 7) is 0.578. The van der Waals surface area contributed by atoms with Crippen molar-refractivity contribution in [1.82, 2.24) is 10.2 Å². The molecule has 0 saturated heterocycles. The second-order valence-corrected chi connectivity index (χ2v) is 6.43. The van der Waals surface area contributed by atoms with Crippen LogP contribution in [0.5, 0.6) is 0 Å². The molecule has 0 heterocycles. The molecule has 1 saturated carbocycles. The molecular formula is C15H20BrN3O2. The third kappa shape index (κ3) is 4.04. The van der Waals surface area contributed by atoms with Gasteiger partial charge in [-0.15, -0.1) is 0 Å². The molecule has 0 unspecified atom stereocenters. The zero-order valence-corrected chi connectivity index (χ0v) is 13.6. The summed E-state index contributed by atoms with van der Waals surface area (Å²) in [4.78, 5) is 24.8. The Kier molecular flexibility index (Phi) is 5.00. The van der Waals surface area contributed by atoms with Gasteiger partial charge in [-0.3, -0.25) is 9.59 Å². The van der Waals surface area contributed by atoms with Gasteiger partial charge in [0.1, 0.15) is 0 Å². The zero-order chi connectivity index (χ0) is 15.5. The SMILES string of the molecule is CN(CC1(c2ccc(Br)cc2)CC1)C(=O)CNC(=O)CN. The van der Waals surface area contributed by atoms with E-state index in [-0.39, 0.29) is 30.3 Å². The van der Waals surface area contributed by atoms with Gasteiger partial charge in [-0.05, 0) is 30.5 Å². The number of carbonyl (C=O) groups is 2. The first-order chi connectivity index (χ1) is 9.97. The average Bonchev–Trinajstić information content (AvgIpc) is 3.25. The standard InChI is InChI=1S/C15H20BrN3O2/c1-19(14(21)9-18-13(20)8-17)10-15(6-7-15)11-2-4-12(16)5-3-11/h2-5H,6-10,17H2,1H3,(H,18,20). The van der Waals surface area contributed by atoms with Crippen molar-refractivity contribution in [2.24, 2.45) is 5.73 Å². The normalized spacial score (nSPS) is 15.4. The highest BCUT2D eigenvalue weighted by Gasteiger charge is 2.45. The van der Waals surface area contributed by atoms with E-state index < -0.39 is 0 Å². The van der Waals surface area contributed by atoms with Crippen LogP contribution in [-0.4, -0.2) is 43.4 Å². The van der Waals surface area contributed by atoms with E-state index in [2.05, 4.69) is 33.4 Å². The average molecular weight is 354 g/mol. The predicted octanol–water partition coefficient (Wildman–Crippen LogP) is 1.01. The van der Waals surface area contributed by atoms with Gasteiger partial charge in [0.2, 0.25) is 11.8 Å². The molecule has 1 aliphatic carbocycles. The Morgan fingerprint density at radius 3 is 2.48 bits per heavy atom. The number of nitrogens with one attached hydrogen (secondary N) is 1. The number of carbonyl (C=O) groups excluding carboxylic acids is 2. The van der Waals surface area contributed by atoms with Crippen LogP contribution in [0.3, 0.4) is 0 Å². The highest BCUT2D eigenvalue weighted by Crippen LogP contribution is 2.48. The molecule has 0 spiro atoms. The van der Waals surface area contributed by atoms with E-state index in [1.807, 2.05) is 12.1 Å². The fraction of sp³-hybridized carbons (Fsp3) is 0.467. The molecule has 2 amide bonds. The smallest absolute Gasteiger partial charge is 0.241 e. The maximum absolute atomic E-state index is 12.0. The van der Waals surface area contributed by atoms with E-state index in [1.54, 1.807) is 11.9 Å². The number of benzene rings is 1. The second kappa shape index (κ2) is 6.58.